The van der Waals surface area contributed by atoms with Crippen molar-refractivity contribution in [2.75, 3.05) is 24.5 Å². The van der Waals surface area contributed by atoms with Crippen LogP contribution in [0.15, 0.2) is 83.8 Å². The molecule has 0 bridgehead atoms. The Morgan fingerprint density at radius 1 is 0.921 bits per heavy atom. The predicted octanol–water partition coefficient (Wildman–Crippen LogP) is 4.01. The number of sulfonamides is 1. The van der Waals surface area contributed by atoms with Crippen LogP contribution in [0.2, 0.25) is 0 Å². The van der Waals surface area contributed by atoms with Crippen LogP contribution in [0.5, 0.6) is 5.75 Å². The number of methoxy groups -OCH3 is 1. The largest absolute Gasteiger partial charge is 0.497 e. The van der Waals surface area contributed by atoms with E-state index in [0.29, 0.717) is 24.4 Å². The molecule has 0 aliphatic carbocycles. The highest BCUT2D eigenvalue weighted by Crippen LogP contribution is 2.28. The monoisotopic (exact) mass is 537 g/mol. The zero-order valence-electron chi connectivity index (χ0n) is 22.3. The molecule has 0 saturated carbocycles. The Morgan fingerprint density at radius 2 is 1.55 bits per heavy atom. The molecule has 202 valence electrons. The van der Waals surface area contributed by atoms with Gasteiger partial charge in [-0.3, -0.25) is 13.9 Å². The number of anilines is 1. The smallest absolute Gasteiger partial charge is 0.264 e. The fraction of sp³-hybridized carbons (Fsp3) is 0.310. The number of carbonyl (C=O) groups is 2. The lowest BCUT2D eigenvalue weighted by Crippen LogP contribution is -2.51. The second-order valence-electron chi connectivity index (χ2n) is 8.75. The standard InChI is InChI=1S/C29H35N3O5S/c1-5-24-12-10-11-15-27(24)32(38(35,36)26-13-8-7-9-14-26)21-28(33)31(22(3)29(34)30-6-2)20-23-16-18-25(37-4)19-17-23/h7-19,22H,5-6,20-21H2,1-4H3,(H,30,34). The van der Waals surface area contributed by atoms with Crippen LogP contribution in [0.25, 0.3) is 0 Å². The van der Waals surface area contributed by atoms with E-state index in [1.165, 1.54) is 17.0 Å². The third-order valence-electron chi connectivity index (χ3n) is 6.28. The fourth-order valence-electron chi connectivity index (χ4n) is 4.12. The first-order valence-electron chi connectivity index (χ1n) is 12.6. The van der Waals surface area contributed by atoms with Crippen molar-refractivity contribution < 1.29 is 22.7 Å². The molecular formula is C29H35N3O5S. The molecule has 1 atom stereocenters. The zero-order chi connectivity index (χ0) is 27.7. The SMILES string of the molecule is CCNC(=O)C(C)N(Cc1ccc(OC)cc1)C(=O)CN(c1ccccc1CC)S(=O)(=O)c1ccccc1. The molecule has 2 amide bonds. The molecule has 0 heterocycles. The van der Waals surface area contributed by atoms with E-state index in [1.54, 1.807) is 63.4 Å². The molecule has 0 aliphatic heterocycles. The third-order valence-corrected chi connectivity index (χ3v) is 8.06. The molecule has 38 heavy (non-hydrogen) atoms. The van der Waals surface area contributed by atoms with Crippen LogP contribution in [-0.4, -0.2) is 51.4 Å². The molecule has 0 aromatic heterocycles. The Hall–Kier alpha value is -3.85. The van der Waals surface area contributed by atoms with Gasteiger partial charge in [-0.1, -0.05) is 55.5 Å². The quantitative estimate of drug-likeness (QED) is 0.377. The lowest BCUT2D eigenvalue weighted by atomic mass is 10.1. The van der Waals surface area contributed by atoms with Crippen molar-refractivity contribution in [3.8, 4) is 5.75 Å². The summed E-state index contributed by atoms with van der Waals surface area (Å²) in [6, 6.07) is 21.5. The average Bonchev–Trinajstić information content (AvgIpc) is 2.95. The maximum Gasteiger partial charge on any atom is 0.264 e. The second-order valence-corrected chi connectivity index (χ2v) is 10.6. The predicted molar refractivity (Wildman–Crippen MR) is 148 cm³/mol. The van der Waals surface area contributed by atoms with Crippen molar-refractivity contribution in [1.82, 2.24) is 10.2 Å². The number of rotatable bonds is 12. The number of likely N-dealkylation sites (N-methyl/N-ethyl adjacent to an activating group) is 1. The van der Waals surface area contributed by atoms with Crippen LogP contribution < -0.4 is 14.4 Å². The van der Waals surface area contributed by atoms with E-state index in [-0.39, 0.29) is 17.3 Å². The molecule has 0 radical (unpaired) electrons. The number of aryl methyl sites for hydroxylation is 1. The minimum absolute atomic E-state index is 0.0807. The minimum atomic E-state index is -4.08. The Balaban J connectivity index is 2.04. The number of hydrogen-bond acceptors (Lipinski definition) is 5. The maximum atomic E-state index is 13.9. The first-order chi connectivity index (χ1) is 18.2. The van der Waals surface area contributed by atoms with Crippen molar-refractivity contribution in [3.05, 3.63) is 90.0 Å². The van der Waals surface area contributed by atoms with Gasteiger partial charge in [-0.25, -0.2) is 8.42 Å². The number of benzene rings is 3. The number of nitrogens with zero attached hydrogens (tertiary/aromatic N) is 2. The summed E-state index contributed by atoms with van der Waals surface area (Å²) >= 11 is 0. The van der Waals surface area contributed by atoms with Crippen LogP contribution in [0.4, 0.5) is 5.69 Å². The first kappa shape index (κ1) is 28.7. The van der Waals surface area contributed by atoms with Crippen LogP contribution in [-0.2, 0) is 32.6 Å². The molecule has 9 heteroatoms. The molecule has 0 saturated heterocycles. The van der Waals surface area contributed by atoms with Crippen molar-refractivity contribution in [2.24, 2.45) is 0 Å². The molecule has 1 unspecified atom stereocenters. The maximum absolute atomic E-state index is 13.9. The van der Waals surface area contributed by atoms with Gasteiger partial charge in [-0.2, -0.15) is 0 Å². The van der Waals surface area contributed by atoms with E-state index in [9.17, 15) is 18.0 Å². The van der Waals surface area contributed by atoms with Gasteiger partial charge in [0.2, 0.25) is 11.8 Å². The highest BCUT2D eigenvalue weighted by atomic mass is 32.2. The molecule has 3 rings (SSSR count). The summed E-state index contributed by atoms with van der Waals surface area (Å²) in [5.41, 5.74) is 2.00. The molecule has 3 aromatic carbocycles. The Morgan fingerprint density at radius 3 is 2.16 bits per heavy atom. The molecule has 0 aliphatic rings. The van der Waals surface area contributed by atoms with Crippen molar-refractivity contribution in [2.45, 2.75) is 44.7 Å². The van der Waals surface area contributed by atoms with Crippen LogP contribution in [0, 0.1) is 0 Å². The lowest BCUT2D eigenvalue weighted by molar-refractivity contribution is -0.139. The summed E-state index contributed by atoms with van der Waals surface area (Å²) in [6.45, 7) is 5.44. The van der Waals surface area contributed by atoms with Gasteiger partial charge in [0.15, 0.2) is 0 Å². The molecule has 8 nitrogen and oxygen atoms in total. The lowest BCUT2D eigenvalue weighted by Gasteiger charge is -2.32. The zero-order valence-corrected chi connectivity index (χ0v) is 23.1. The molecule has 0 spiro atoms. The van der Waals surface area contributed by atoms with Crippen molar-refractivity contribution in [1.29, 1.82) is 0 Å². The fourth-order valence-corrected chi connectivity index (χ4v) is 5.59. The molecular weight excluding hydrogens is 502 g/mol. The topological polar surface area (TPSA) is 96.0 Å². The number of amides is 2. The molecule has 1 N–H and O–H groups in total. The third kappa shape index (κ3) is 6.72. The Kier molecular flexibility index (Phi) is 9.90. The first-order valence-corrected chi connectivity index (χ1v) is 14.0. The van der Waals surface area contributed by atoms with Crippen molar-refractivity contribution >= 4 is 27.5 Å². The summed E-state index contributed by atoms with van der Waals surface area (Å²) in [7, 11) is -2.52. The summed E-state index contributed by atoms with van der Waals surface area (Å²) in [4.78, 5) is 28.2. The van der Waals surface area contributed by atoms with E-state index < -0.39 is 28.5 Å². The van der Waals surface area contributed by atoms with Gasteiger partial charge >= 0.3 is 0 Å². The van der Waals surface area contributed by atoms with Crippen LogP contribution in [0.1, 0.15) is 31.9 Å². The molecule has 0 fully saturated rings. The van der Waals surface area contributed by atoms with Crippen LogP contribution in [0.3, 0.4) is 0 Å². The van der Waals surface area contributed by atoms with Gasteiger partial charge in [0.05, 0.1) is 17.7 Å². The summed E-state index contributed by atoms with van der Waals surface area (Å²) in [5.74, 6) is -0.148. The highest BCUT2D eigenvalue weighted by Gasteiger charge is 2.33. The number of ether oxygens (including phenoxy) is 1. The van der Waals surface area contributed by atoms with Crippen LogP contribution >= 0.6 is 0 Å². The van der Waals surface area contributed by atoms with Crippen molar-refractivity contribution in [3.63, 3.8) is 0 Å². The van der Waals surface area contributed by atoms with Gasteiger partial charge in [0, 0.05) is 13.1 Å². The normalized spacial score (nSPS) is 11.9. The Bertz CT molecular complexity index is 1330. The Labute approximate surface area is 225 Å². The van der Waals surface area contributed by atoms with Gasteiger partial charge < -0.3 is 15.0 Å². The average molecular weight is 538 g/mol. The van der Waals surface area contributed by atoms with E-state index in [2.05, 4.69) is 5.32 Å². The number of para-hydroxylation sites is 1. The van der Waals surface area contributed by atoms with Gasteiger partial charge in [0.25, 0.3) is 10.0 Å². The second kappa shape index (κ2) is 13.1. The molecule has 3 aromatic rings. The van der Waals surface area contributed by atoms with E-state index in [1.807, 2.05) is 31.2 Å². The highest BCUT2D eigenvalue weighted by molar-refractivity contribution is 7.92. The van der Waals surface area contributed by atoms with Gasteiger partial charge in [-0.05, 0) is 61.7 Å². The number of hydrogen-bond donors (Lipinski definition) is 1. The minimum Gasteiger partial charge on any atom is -0.497 e. The van der Waals surface area contributed by atoms with E-state index in [0.717, 1.165) is 15.4 Å². The number of carbonyl (C=O) groups excluding carboxylic acids is 2. The van der Waals surface area contributed by atoms with Gasteiger partial charge in [-0.15, -0.1) is 0 Å². The van der Waals surface area contributed by atoms with E-state index >= 15 is 0 Å². The summed E-state index contributed by atoms with van der Waals surface area (Å²) in [6.07, 6.45) is 0.579. The summed E-state index contributed by atoms with van der Waals surface area (Å²) < 4.78 is 34.1. The number of nitrogens with one attached hydrogen (secondary N) is 1. The van der Waals surface area contributed by atoms with Gasteiger partial charge in [0.1, 0.15) is 18.3 Å². The van der Waals surface area contributed by atoms with E-state index in [4.69, 9.17) is 4.74 Å². The summed E-state index contributed by atoms with van der Waals surface area (Å²) in [5, 5.41) is 2.76.